The molecule has 0 aliphatic carbocycles. The molecule has 0 aliphatic rings. The zero-order chi connectivity index (χ0) is 13.5. The van der Waals surface area contributed by atoms with Crippen molar-refractivity contribution < 1.29 is 0 Å². The highest BCUT2D eigenvalue weighted by molar-refractivity contribution is 8.14. The molecule has 2 aromatic rings. The van der Waals surface area contributed by atoms with Gasteiger partial charge in [0.1, 0.15) is 0 Å². The second-order valence-corrected chi connectivity index (χ2v) is 4.92. The van der Waals surface area contributed by atoms with Gasteiger partial charge in [-0.3, -0.25) is 10.3 Å². The van der Waals surface area contributed by atoms with E-state index in [0.29, 0.717) is 5.17 Å². The number of hydrogen-bond acceptors (Lipinski definition) is 2. The topological polar surface area (TPSA) is 27.1 Å². The molecule has 0 bridgehead atoms. The van der Waals surface area contributed by atoms with Crippen molar-refractivity contribution in [1.82, 2.24) is 0 Å². The molecule has 2 aromatic carbocycles. The lowest BCUT2D eigenvalue weighted by atomic mass is 10.2. The predicted octanol–water partition coefficient (Wildman–Crippen LogP) is 4.68. The summed E-state index contributed by atoms with van der Waals surface area (Å²) >= 11 is 1.47. The largest absolute Gasteiger partial charge is 0.290 e. The lowest BCUT2D eigenvalue weighted by Crippen LogP contribution is -2.22. The maximum absolute atomic E-state index is 8.27. The molecule has 0 heterocycles. The zero-order valence-corrected chi connectivity index (χ0v) is 11.4. The smallest absolute Gasteiger partial charge is 0.165 e. The first kappa shape index (κ1) is 13.4. The SMILES string of the molecule is C=CCSC(=N)N(c1ccccc1)c1ccccc1. The maximum Gasteiger partial charge on any atom is 0.165 e. The third-order valence-corrected chi connectivity index (χ3v) is 3.43. The van der Waals surface area contributed by atoms with E-state index in [4.69, 9.17) is 5.41 Å². The molecule has 0 aromatic heterocycles. The summed E-state index contributed by atoms with van der Waals surface area (Å²) in [6, 6.07) is 19.9. The Bertz CT molecular complexity index is 498. The van der Waals surface area contributed by atoms with E-state index in [1.807, 2.05) is 71.6 Å². The average Bonchev–Trinajstić information content (AvgIpc) is 2.47. The molecule has 96 valence electrons. The Balaban J connectivity index is 2.34. The fourth-order valence-electron chi connectivity index (χ4n) is 1.74. The van der Waals surface area contributed by atoms with Crippen molar-refractivity contribution in [2.45, 2.75) is 0 Å². The summed E-state index contributed by atoms with van der Waals surface area (Å²) in [5.41, 5.74) is 1.99. The van der Waals surface area contributed by atoms with Gasteiger partial charge in [-0.05, 0) is 24.3 Å². The minimum atomic E-state index is 0.498. The Morgan fingerprint density at radius 3 is 1.89 bits per heavy atom. The number of hydrogen-bond donors (Lipinski definition) is 1. The minimum absolute atomic E-state index is 0.498. The van der Waals surface area contributed by atoms with Crippen LogP contribution in [-0.2, 0) is 0 Å². The van der Waals surface area contributed by atoms with Crippen LogP contribution in [0.25, 0.3) is 0 Å². The van der Waals surface area contributed by atoms with Crippen molar-refractivity contribution in [2.24, 2.45) is 0 Å². The first-order valence-corrected chi connectivity index (χ1v) is 7.04. The number of para-hydroxylation sites is 2. The van der Waals surface area contributed by atoms with Gasteiger partial charge < -0.3 is 0 Å². The van der Waals surface area contributed by atoms with Crippen LogP contribution in [0.1, 0.15) is 0 Å². The summed E-state index contributed by atoms with van der Waals surface area (Å²) in [5, 5.41) is 8.76. The summed E-state index contributed by atoms with van der Waals surface area (Å²) in [4.78, 5) is 1.94. The Morgan fingerprint density at radius 2 is 1.47 bits per heavy atom. The van der Waals surface area contributed by atoms with E-state index in [0.717, 1.165) is 17.1 Å². The molecule has 0 saturated carbocycles. The molecule has 0 radical (unpaired) electrons. The van der Waals surface area contributed by atoms with Crippen LogP contribution in [0, 0.1) is 5.41 Å². The van der Waals surface area contributed by atoms with Crippen LogP contribution in [0.3, 0.4) is 0 Å². The first-order valence-electron chi connectivity index (χ1n) is 6.05. The second kappa shape index (κ2) is 6.81. The third-order valence-electron chi connectivity index (χ3n) is 2.57. The van der Waals surface area contributed by atoms with Crippen molar-refractivity contribution in [1.29, 1.82) is 5.41 Å². The van der Waals surface area contributed by atoms with Gasteiger partial charge in [-0.15, -0.1) is 6.58 Å². The summed E-state index contributed by atoms with van der Waals surface area (Å²) in [5.74, 6) is 0.731. The number of nitrogens with one attached hydrogen (secondary N) is 1. The van der Waals surface area contributed by atoms with Crippen LogP contribution in [0.15, 0.2) is 73.3 Å². The highest BCUT2D eigenvalue weighted by atomic mass is 32.2. The minimum Gasteiger partial charge on any atom is -0.290 e. The molecule has 0 atom stereocenters. The fraction of sp³-hybridized carbons (Fsp3) is 0.0625. The van der Waals surface area contributed by atoms with E-state index in [1.165, 1.54) is 11.8 Å². The van der Waals surface area contributed by atoms with Gasteiger partial charge >= 0.3 is 0 Å². The normalized spacial score (nSPS) is 9.89. The molecule has 0 aliphatic heterocycles. The zero-order valence-electron chi connectivity index (χ0n) is 10.6. The van der Waals surface area contributed by atoms with Crippen LogP contribution < -0.4 is 4.90 Å². The molecule has 0 unspecified atom stereocenters. The molecule has 1 N–H and O–H groups in total. The number of thioether (sulfide) groups is 1. The lowest BCUT2D eigenvalue weighted by Gasteiger charge is -2.24. The first-order chi connectivity index (χ1) is 9.33. The van der Waals surface area contributed by atoms with E-state index >= 15 is 0 Å². The number of rotatable bonds is 4. The van der Waals surface area contributed by atoms with Crippen molar-refractivity contribution in [2.75, 3.05) is 10.7 Å². The molecule has 2 rings (SSSR count). The second-order valence-electron chi connectivity index (χ2n) is 3.91. The number of anilines is 2. The van der Waals surface area contributed by atoms with Crippen molar-refractivity contribution in [3.05, 3.63) is 73.3 Å². The van der Waals surface area contributed by atoms with Gasteiger partial charge in [-0.1, -0.05) is 54.2 Å². The highest BCUT2D eigenvalue weighted by Gasteiger charge is 2.14. The average molecular weight is 268 g/mol. The molecular formula is C16H16N2S. The molecule has 0 fully saturated rings. The fourth-order valence-corrected chi connectivity index (χ4v) is 2.36. The van der Waals surface area contributed by atoms with Crippen LogP contribution in [-0.4, -0.2) is 10.9 Å². The molecule has 2 nitrogen and oxygen atoms in total. The summed E-state index contributed by atoms with van der Waals surface area (Å²) in [7, 11) is 0. The van der Waals surface area contributed by atoms with Gasteiger partial charge in [-0.2, -0.15) is 0 Å². The van der Waals surface area contributed by atoms with E-state index in [2.05, 4.69) is 6.58 Å². The summed E-state index contributed by atoms with van der Waals surface area (Å²) in [6.45, 7) is 3.70. The van der Waals surface area contributed by atoms with Crippen LogP contribution >= 0.6 is 11.8 Å². The monoisotopic (exact) mass is 268 g/mol. The van der Waals surface area contributed by atoms with Gasteiger partial charge in [-0.25, -0.2) is 0 Å². The number of amidine groups is 1. The van der Waals surface area contributed by atoms with Gasteiger partial charge in [0.05, 0.1) is 0 Å². The van der Waals surface area contributed by atoms with Crippen LogP contribution in [0.5, 0.6) is 0 Å². The Labute approximate surface area is 118 Å². The molecule has 0 amide bonds. The maximum atomic E-state index is 8.27. The van der Waals surface area contributed by atoms with Gasteiger partial charge in [0.2, 0.25) is 0 Å². The number of benzene rings is 2. The Morgan fingerprint density at radius 1 is 1.00 bits per heavy atom. The van der Waals surface area contributed by atoms with Gasteiger partial charge in [0.25, 0.3) is 0 Å². The van der Waals surface area contributed by atoms with E-state index < -0.39 is 0 Å². The highest BCUT2D eigenvalue weighted by Crippen LogP contribution is 2.28. The number of nitrogens with zero attached hydrogens (tertiary/aromatic N) is 1. The van der Waals surface area contributed by atoms with Gasteiger partial charge in [0, 0.05) is 17.1 Å². The van der Waals surface area contributed by atoms with E-state index in [9.17, 15) is 0 Å². The standard InChI is InChI=1S/C16H16N2S/c1-2-13-19-16(17)18(14-9-5-3-6-10-14)15-11-7-4-8-12-15/h2-12,17H,1,13H2. The van der Waals surface area contributed by atoms with E-state index in [-0.39, 0.29) is 0 Å². The summed E-state index contributed by atoms with van der Waals surface area (Å²) in [6.07, 6.45) is 1.81. The van der Waals surface area contributed by atoms with Gasteiger partial charge in [0.15, 0.2) is 5.17 Å². The predicted molar refractivity (Wildman–Crippen MR) is 85.4 cm³/mol. The quantitative estimate of drug-likeness (QED) is 0.495. The van der Waals surface area contributed by atoms with Crippen LogP contribution in [0.4, 0.5) is 11.4 Å². The van der Waals surface area contributed by atoms with Crippen molar-refractivity contribution in [3.63, 3.8) is 0 Å². The Hall–Kier alpha value is -2.00. The lowest BCUT2D eigenvalue weighted by molar-refractivity contribution is 1.33. The van der Waals surface area contributed by atoms with Crippen molar-refractivity contribution >= 4 is 28.3 Å². The van der Waals surface area contributed by atoms with E-state index in [1.54, 1.807) is 0 Å². The molecule has 3 heteroatoms. The Kier molecular flexibility index (Phi) is 4.81. The van der Waals surface area contributed by atoms with Crippen molar-refractivity contribution in [3.8, 4) is 0 Å². The summed E-state index contributed by atoms with van der Waals surface area (Å²) < 4.78 is 0. The molecular weight excluding hydrogens is 252 g/mol. The molecule has 0 saturated heterocycles. The molecule has 0 spiro atoms. The molecule has 19 heavy (non-hydrogen) atoms. The van der Waals surface area contributed by atoms with Crippen LogP contribution in [0.2, 0.25) is 0 Å². The third kappa shape index (κ3) is 3.48.